The number of nitrogens with one attached hydrogen (secondary N) is 3. The van der Waals surface area contributed by atoms with Crippen LogP contribution in [0.2, 0.25) is 0 Å². The molecule has 0 heterocycles. The van der Waals surface area contributed by atoms with Crippen LogP contribution in [0.5, 0.6) is 5.75 Å². The number of hydrogen-bond acceptors (Lipinski definition) is 9. The summed E-state index contributed by atoms with van der Waals surface area (Å²) in [6.07, 6.45) is 0.541. The minimum atomic E-state index is -1.70. The molecular formula is C22H33N5O8S. The van der Waals surface area contributed by atoms with Crippen molar-refractivity contribution < 1.29 is 39.3 Å². The van der Waals surface area contributed by atoms with Crippen molar-refractivity contribution in [2.75, 3.05) is 12.3 Å². The summed E-state index contributed by atoms with van der Waals surface area (Å²) in [6, 6.07) is 1.06. The summed E-state index contributed by atoms with van der Waals surface area (Å²) in [5, 5.41) is 34.4. The van der Waals surface area contributed by atoms with Crippen molar-refractivity contribution in [2.45, 2.75) is 56.3 Å². The summed E-state index contributed by atoms with van der Waals surface area (Å²) in [7, 11) is 0. The molecule has 1 aromatic rings. The standard InChI is InChI=1S/C22H33N5O8S/c23-8-2-1-3-15(25-19(31)14(24)9-12-4-6-13(28)7-5-12)20(32)27-17(11-36)21(33)26-16(22(34)35)10-18(29)30/h4-7,14-17,28,36H,1-3,8-11,23-24H2,(H,25,31)(H,26,33)(H,27,32)(H,29,30)(H,34,35). The summed E-state index contributed by atoms with van der Waals surface area (Å²) < 4.78 is 0. The largest absolute Gasteiger partial charge is 0.508 e. The van der Waals surface area contributed by atoms with Crippen molar-refractivity contribution in [2.24, 2.45) is 11.5 Å². The third-order valence-electron chi connectivity index (χ3n) is 5.12. The number of aliphatic carboxylic acids is 2. The van der Waals surface area contributed by atoms with Crippen LogP contribution in [-0.2, 0) is 30.4 Å². The Bertz CT molecular complexity index is 914. The second-order valence-corrected chi connectivity index (χ2v) is 8.43. The summed E-state index contributed by atoms with van der Waals surface area (Å²) in [6.45, 7) is 0.366. The molecule has 1 aromatic carbocycles. The van der Waals surface area contributed by atoms with E-state index in [4.69, 9.17) is 21.7 Å². The lowest BCUT2D eigenvalue weighted by atomic mass is 10.0. The van der Waals surface area contributed by atoms with Crippen LogP contribution in [0.4, 0.5) is 0 Å². The molecule has 0 bridgehead atoms. The highest BCUT2D eigenvalue weighted by atomic mass is 32.1. The molecule has 13 nitrogen and oxygen atoms in total. The number of carbonyl (C=O) groups excluding carboxylic acids is 3. The van der Waals surface area contributed by atoms with Gasteiger partial charge in [0.05, 0.1) is 12.5 Å². The highest BCUT2D eigenvalue weighted by Crippen LogP contribution is 2.11. The number of carboxylic acid groups (broad SMARTS) is 2. The van der Waals surface area contributed by atoms with Gasteiger partial charge in [-0.05, 0) is 49.9 Å². The van der Waals surface area contributed by atoms with E-state index in [0.717, 1.165) is 0 Å². The molecule has 10 N–H and O–H groups in total. The van der Waals surface area contributed by atoms with Gasteiger partial charge in [0.2, 0.25) is 17.7 Å². The number of phenols is 1. The first-order valence-electron chi connectivity index (χ1n) is 11.2. The number of rotatable bonds is 16. The summed E-state index contributed by atoms with van der Waals surface area (Å²) >= 11 is 4.01. The smallest absolute Gasteiger partial charge is 0.326 e. The van der Waals surface area contributed by atoms with E-state index in [1.807, 2.05) is 0 Å². The fourth-order valence-electron chi connectivity index (χ4n) is 3.13. The van der Waals surface area contributed by atoms with Crippen LogP contribution in [0.15, 0.2) is 24.3 Å². The van der Waals surface area contributed by atoms with Crippen LogP contribution in [-0.4, -0.2) is 81.4 Å². The van der Waals surface area contributed by atoms with Crippen LogP contribution >= 0.6 is 12.6 Å². The van der Waals surface area contributed by atoms with Crippen LogP contribution in [0.3, 0.4) is 0 Å². The van der Waals surface area contributed by atoms with Crippen LogP contribution in [0.1, 0.15) is 31.2 Å². The average molecular weight is 528 g/mol. The Morgan fingerprint density at radius 3 is 1.94 bits per heavy atom. The second kappa shape index (κ2) is 15.6. The Labute approximate surface area is 213 Å². The molecule has 0 fully saturated rings. The number of hydrogen-bond donors (Lipinski definition) is 9. The van der Waals surface area contributed by atoms with Crippen molar-refractivity contribution in [3.05, 3.63) is 29.8 Å². The number of amides is 3. The first-order chi connectivity index (χ1) is 17.0. The van der Waals surface area contributed by atoms with Crippen molar-refractivity contribution in [3.8, 4) is 5.75 Å². The lowest BCUT2D eigenvalue weighted by Crippen LogP contribution is -2.58. The van der Waals surface area contributed by atoms with E-state index < -0.39 is 60.2 Å². The van der Waals surface area contributed by atoms with Gasteiger partial charge in [-0.15, -0.1) is 0 Å². The van der Waals surface area contributed by atoms with Gasteiger partial charge in [0.15, 0.2) is 0 Å². The summed E-state index contributed by atoms with van der Waals surface area (Å²) in [5.74, 6) is -5.42. The quantitative estimate of drug-likeness (QED) is 0.0876. The second-order valence-electron chi connectivity index (χ2n) is 8.06. The van der Waals surface area contributed by atoms with Gasteiger partial charge >= 0.3 is 11.9 Å². The number of aromatic hydroxyl groups is 1. The van der Waals surface area contributed by atoms with Gasteiger partial charge in [-0.1, -0.05) is 12.1 Å². The Morgan fingerprint density at radius 2 is 1.42 bits per heavy atom. The monoisotopic (exact) mass is 527 g/mol. The molecule has 1 rings (SSSR count). The number of nitrogens with two attached hydrogens (primary N) is 2. The van der Waals surface area contributed by atoms with E-state index >= 15 is 0 Å². The number of unbranched alkanes of at least 4 members (excludes halogenated alkanes) is 1. The average Bonchev–Trinajstić information content (AvgIpc) is 2.82. The van der Waals surface area contributed by atoms with Gasteiger partial charge in [-0.3, -0.25) is 19.2 Å². The third kappa shape index (κ3) is 10.9. The number of benzene rings is 1. The predicted molar refractivity (Wildman–Crippen MR) is 132 cm³/mol. The fraction of sp³-hybridized carbons (Fsp3) is 0.500. The Kier molecular flexibility index (Phi) is 13.3. The third-order valence-corrected chi connectivity index (χ3v) is 5.48. The molecule has 4 atom stereocenters. The van der Waals surface area contributed by atoms with Gasteiger partial charge in [-0.2, -0.15) is 12.6 Å². The molecule has 0 radical (unpaired) electrons. The first-order valence-corrected chi connectivity index (χ1v) is 11.8. The molecule has 200 valence electrons. The van der Waals surface area contributed by atoms with Crippen molar-refractivity contribution in [1.29, 1.82) is 0 Å². The van der Waals surface area contributed by atoms with Gasteiger partial charge in [-0.25, -0.2) is 4.79 Å². The lowest BCUT2D eigenvalue weighted by molar-refractivity contribution is -0.147. The number of carboxylic acids is 2. The normalized spacial score (nSPS) is 14.1. The molecule has 36 heavy (non-hydrogen) atoms. The van der Waals surface area contributed by atoms with Crippen molar-refractivity contribution in [1.82, 2.24) is 16.0 Å². The van der Waals surface area contributed by atoms with E-state index in [0.29, 0.717) is 24.9 Å². The molecule has 0 aromatic heterocycles. The SMILES string of the molecule is NCCCCC(NC(=O)C(N)Cc1ccc(O)cc1)C(=O)NC(CS)C(=O)NC(CC(=O)O)C(=O)O. The number of thiol groups is 1. The minimum absolute atomic E-state index is 0.0637. The molecule has 0 aliphatic heterocycles. The molecule has 3 amide bonds. The topological polar surface area (TPSA) is 234 Å². The molecule has 4 unspecified atom stereocenters. The van der Waals surface area contributed by atoms with E-state index in [-0.39, 0.29) is 24.3 Å². The maximum absolute atomic E-state index is 12.9. The fourth-order valence-corrected chi connectivity index (χ4v) is 3.39. The van der Waals surface area contributed by atoms with Crippen LogP contribution in [0.25, 0.3) is 0 Å². The zero-order valence-corrected chi connectivity index (χ0v) is 20.4. The Balaban J connectivity index is 2.87. The first kappa shape index (κ1) is 30.7. The molecule has 0 saturated carbocycles. The van der Waals surface area contributed by atoms with Crippen LogP contribution in [0, 0.1) is 0 Å². The number of carbonyl (C=O) groups is 5. The van der Waals surface area contributed by atoms with Gasteiger partial charge in [0.1, 0.15) is 23.9 Å². The molecular weight excluding hydrogens is 494 g/mol. The maximum Gasteiger partial charge on any atom is 0.326 e. The number of phenolic OH excluding ortho intramolecular Hbond substituents is 1. The molecule has 0 aliphatic carbocycles. The van der Waals surface area contributed by atoms with Gasteiger partial charge in [0, 0.05) is 5.75 Å². The Hall–Kier alpha value is -3.36. The molecule has 14 heteroatoms. The van der Waals surface area contributed by atoms with Crippen molar-refractivity contribution >= 4 is 42.3 Å². The summed E-state index contributed by atoms with van der Waals surface area (Å²) in [4.78, 5) is 60.1. The van der Waals surface area contributed by atoms with E-state index in [2.05, 4.69) is 28.6 Å². The molecule has 0 aliphatic rings. The predicted octanol–water partition coefficient (Wildman–Crippen LogP) is -1.67. The summed E-state index contributed by atoms with van der Waals surface area (Å²) in [5.41, 5.74) is 12.2. The zero-order chi connectivity index (χ0) is 27.3. The molecule has 0 saturated heterocycles. The Morgan fingerprint density at radius 1 is 0.861 bits per heavy atom. The van der Waals surface area contributed by atoms with Crippen LogP contribution < -0.4 is 27.4 Å². The molecule has 0 spiro atoms. The maximum atomic E-state index is 12.9. The van der Waals surface area contributed by atoms with Crippen molar-refractivity contribution in [3.63, 3.8) is 0 Å². The van der Waals surface area contributed by atoms with E-state index in [1.54, 1.807) is 12.1 Å². The van der Waals surface area contributed by atoms with E-state index in [9.17, 15) is 29.1 Å². The highest BCUT2D eigenvalue weighted by molar-refractivity contribution is 7.80. The van der Waals surface area contributed by atoms with Gasteiger partial charge < -0.3 is 42.7 Å². The minimum Gasteiger partial charge on any atom is -0.508 e. The highest BCUT2D eigenvalue weighted by Gasteiger charge is 2.30. The zero-order valence-electron chi connectivity index (χ0n) is 19.6. The van der Waals surface area contributed by atoms with E-state index in [1.165, 1.54) is 12.1 Å². The van der Waals surface area contributed by atoms with Gasteiger partial charge in [0.25, 0.3) is 0 Å². The lowest BCUT2D eigenvalue weighted by Gasteiger charge is -2.24.